The van der Waals surface area contributed by atoms with Crippen molar-refractivity contribution < 1.29 is 4.79 Å². The molecular formula is C10H12O. The van der Waals surface area contributed by atoms with Gasteiger partial charge in [-0.25, -0.2) is 0 Å². The Morgan fingerprint density at radius 2 is 2.27 bits per heavy atom. The lowest BCUT2D eigenvalue weighted by molar-refractivity contribution is -0.116. The Balaban J connectivity index is 2.05. The molecule has 0 fully saturated rings. The van der Waals surface area contributed by atoms with Crippen LogP contribution in [0.15, 0.2) is 23.8 Å². The van der Waals surface area contributed by atoms with E-state index in [-0.39, 0.29) is 0 Å². The summed E-state index contributed by atoms with van der Waals surface area (Å²) in [6.07, 6.45) is 10.6. The van der Waals surface area contributed by atoms with Crippen molar-refractivity contribution in [3.8, 4) is 0 Å². The molecule has 0 aromatic rings. The van der Waals surface area contributed by atoms with E-state index in [0.29, 0.717) is 18.1 Å². The van der Waals surface area contributed by atoms with Crippen LogP contribution in [0, 0.1) is 5.92 Å². The van der Waals surface area contributed by atoms with Crippen molar-refractivity contribution >= 4 is 5.78 Å². The van der Waals surface area contributed by atoms with Gasteiger partial charge in [-0.15, -0.1) is 0 Å². The molecule has 2 aliphatic rings. The molecule has 0 saturated carbocycles. The molecule has 58 valence electrons. The van der Waals surface area contributed by atoms with Crippen molar-refractivity contribution in [2.45, 2.75) is 25.7 Å². The Hall–Kier alpha value is -0.850. The minimum absolute atomic E-state index is 0.380. The number of rotatable bonds is 1. The van der Waals surface area contributed by atoms with Crippen LogP contribution >= 0.6 is 0 Å². The Morgan fingerprint density at radius 1 is 1.36 bits per heavy atom. The Bertz CT molecular complexity index is 235. The van der Waals surface area contributed by atoms with Crippen molar-refractivity contribution in [2.75, 3.05) is 0 Å². The number of Topliss-reactive ketones (excluding diaryl/α,β-unsaturated/α-hetero) is 1. The van der Waals surface area contributed by atoms with Crippen LogP contribution in [0.2, 0.25) is 0 Å². The minimum Gasteiger partial charge on any atom is -0.294 e. The van der Waals surface area contributed by atoms with E-state index in [1.165, 1.54) is 6.42 Å². The molecule has 0 N–H and O–H groups in total. The highest BCUT2D eigenvalue weighted by Gasteiger charge is 2.25. The van der Waals surface area contributed by atoms with Crippen LogP contribution < -0.4 is 0 Å². The summed E-state index contributed by atoms with van der Waals surface area (Å²) in [7, 11) is 0. The van der Waals surface area contributed by atoms with Gasteiger partial charge in [-0.05, 0) is 30.8 Å². The van der Waals surface area contributed by atoms with Crippen LogP contribution in [-0.4, -0.2) is 5.78 Å². The predicted octanol–water partition coefficient (Wildman–Crippen LogP) is 2.24. The van der Waals surface area contributed by atoms with Gasteiger partial charge in [0.15, 0.2) is 5.78 Å². The van der Waals surface area contributed by atoms with Gasteiger partial charge < -0.3 is 0 Å². The van der Waals surface area contributed by atoms with Crippen LogP contribution in [0.4, 0.5) is 0 Å². The molecule has 0 radical (unpaired) electrons. The molecule has 1 heteroatoms. The van der Waals surface area contributed by atoms with Gasteiger partial charge in [-0.2, -0.15) is 0 Å². The first kappa shape index (κ1) is 6.84. The highest BCUT2D eigenvalue weighted by atomic mass is 16.1. The SMILES string of the molecule is O=C1CC=C1C1CC=CCC1. The van der Waals surface area contributed by atoms with E-state index < -0.39 is 0 Å². The molecule has 0 heterocycles. The summed E-state index contributed by atoms with van der Waals surface area (Å²) in [5.41, 5.74) is 1.11. The Kier molecular flexibility index (Phi) is 1.65. The maximum absolute atomic E-state index is 11.0. The first-order valence-corrected chi connectivity index (χ1v) is 4.26. The molecule has 1 atom stereocenters. The summed E-state index contributed by atoms with van der Waals surface area (Å²) >= 11 is 0. The topological polar surface area (TPSA) is 17.1 Å². The lowest BCUT2D eigenvalue weighted by Crippen LogP contribution is -2.20. The van der Waals surface area contributed by atoms with Crippen molar-refractivity contribution in [1.82, 2.24) is 0 Å². The van der Waals surface area contributed by atoms with E-state index in [1.807, 2.05) is 0 Å². The number of hydrogen-bond donors (Lipinski definition) is 0. The van der Waals surface area contributed by atoms with Crippen molar-refractivity contribution in [1.29, 1.82) is 0 Å². The standard InChI is InChI=1S/C10H12O/c11-10-7-6-9(10)8-4-2-1-3-5-8/h1-2,6,8H,3-5,7H2. The molecule has 0 aromatic carbocycles. The monoisotopic (exact) mass is 148 g/mol. The first-order chi connectivity index (χ1) is 5.38. The summed E-state index contributed by atoms with van der Waals surface area (Å²) in [6, 6.07) is 0. The van der Waals surface area contributed by atoms with Crippen LogP contribution in [0.5, 0.6) is 0 Å². The summed E-state index contributed by atoms with van der Waals surface area (Å²) in [5.74, 6) is 0.937. The van der Waals surface area contributed by atoms with E-state index in [0.717, 1.165) is 18.4 Å². The third kappa shape index (κ3) is 1.15. The van der Waals surface area contributed by atoms with Gasteiger partial charge in [0.05, 0.1) is 0 Å². The van der Waals surface area contributed by atoms with Gasteiger partial charge in [0, 0.05) is 6.42 Å². The average molecular weight is 148 g/mol. The second kappa shape index (κ2) is 2.65. The first-order valence-electron chi connectivity index (χ1n) is 4.26. The maximum Gasteiger partial charge on any atom is 0.162 e. The van der Waals surface area contributed by atoms with Crippen LogP contribution in [0.25, 0.3) is 0 Å². The summed E-state index contributed by atoms with van der Waals surface area (Å²) in [6.45, 7) is 0. The number of hydrogen-bond acceptors (Lipinski definition) is 1. The molecule has 1 unspecified atom stereocenters. The zero-order chi connectivity index (χ0) is 7.68. The second-order valence-electron chi connectivity index (χ2n) is 3.27. The van der Waals surface area contributed by atoms with Gasteiger partial charge in [0.2, 0.25) is 0 Å². The lowest BCUT2D eigenvalue weighted by Gasteiger charge is -2.24. The fraction of sp³-hybridized carbons (Fsp3) is 0.500. The zero-order valence-electron chi connectivity index (χ0n) is 6.55. The predicted molar refractivity (Wildman–Crippen MR) is 44.2 cm³/mol. The van der Waals surface area contributed by atoms with E-state index in [4.69, 9.17) is 0 Å². The van der Waals surface area contributed by atoms with Gasteiger partial charge in [-0.3, -0.25) is 4.79 Å². The molecular weight excluding hydrogens is 136 g/mol. The molecule has 0 amide bonds. The summed E-state index contributed by atoms with van der Waals surface area (Å²) in [5, 5.41) is 0. The molecule has 0 bridgehead atoms. The number of ketones is 1. The van der Waals surface area contributed by atoms with Crippen LogP contribution in [0.3, 0.4) is 0 Å². The van der Waals surface area contributed by atoms with Crippen molar-refractivity contribution in [2.24, 2.45) is 5.92 Å². The third-order valence-electron chi connectivity index (χ3n) is 2.54. The highest BCUT2D eigenvalue weighted by Crippen LogP contribution is 2.31. The molecule has 1 nitrogen and oxygen atoms in total. The smallest absolute Gasteiger partial charge is 0.162 e. The molecule has 2 rings (SSSR count). The minimum atomic E-state index is 0.380. The van der Waals surface area contributed by atoms with E-state index in [2.05, 4.69) is 18.2 Å². The molecule has 11 heavy (non-hydrogen) atoms. The summed E-state index contributed by atoms with van der Waals surface area (Å²) in [4.78, 5) is 11.0. The lowest BCUT2D eigenvalue weighted by atomic mass is 9.79. The number of carbonyl (C=O) groups excluding carboxylic acids is 1. The molecule has 0 spiro atoms. The average Bonchev–Trinajstić information content (AvgIpc) is 2.04. The van der Waals surface area contributed by atoms with Crippen LogP contribution in [0.1, 0.15) is 25.7 Å². The van der Waals surface area contributed by atoms with Gasteiger partial charge in [0.1, 0.15) is 0 Å². The van der Waals surface area contributed by atoms with Crippen molar-refractivity contribution in [3.05, 3.63) is 23.8 Å². The van der Waals surface area contributed by atoms with Gasteiger partial charge in [0.25, 0.3) is 0 Å². The van der Waals surface area contributed by atoms with Gasteiger partial charge >= 0.3 is 0 Å². The van der Waals surface area contributed by atoms with Crippen molar-refractivity contribution in [3.63, 3.8) is 0 Å². The molecule has 2 aliphatic carbocycles. The second-order valence-corrected chi connectivity index (χ2v) is 3.27. The Morgan fingerprint density at radius 3 is 2.73 bits per heavy atom. The third-order valence-corrected chi connectivity index (χ3v) is 2.54. The molecule has 0 saturated heterocycles. The number of allylic oxidation sites excluding steroid dienone is 4. The largest absolute Gasteiger partial charge is 0.294 e. The number of carbonyl (C=O) groups is 1. The van der Waals surface area contributed by atoms with E-state index >= 15 is 0 Å². The highest BCUT2D eigenvalue weighted by molar-refractivity contribution is 6.02. The molecule has 0 aromatic heterocycles. The molecule has 0 aliphatic heterocycles. The normalized spacial score (nSPS) is 29.6. The van der Waals surface area contributed by atoms with Crippen LogP contribution in [-0.2, 0) is 4.79 Å². The fourth-order valence-electron chi connectivity index (χ4n) is 1.77. The summed E-state index contributed by atoms with van der Waals surface area (Å²) < 4.78 is 0. The van der Waals surface area contributed by atoms with E-state index in [9.17, 15) is 4.79 Å². The quantitative estimate of drug-likeness (QED) is 0.521. The van der Waals surface area contributed by atoms with Gasteiger partial charge in [-0.1, -0.05) is 18.2 Å². The Labute approximate surface area is 66.8 Å². The fourth-order valence-corrected chi connectivity index (χ4v) is 1.77. The zero-order valence-corrected chi connectivity index (χ0v) is 6.55. The maximum atomic E-state index is 11.0. The van der Waals surface area contributed by atoms with E-state index in [1.54, 1.807) is 0 Å².